The van der Waals surface area contributed by atoms with E-state index in [4.69, 9.17) is 28.0 Å². The van der Waals surface area contributed by atoms with Crippen LogP contribution in [0.3, 0.4) is 0 Å². The minimum Gasteiger partial charge on any atom is -0.759 e. The lowest BCUT2D eigenvalue weighted by molar-refractivity contribution is -0.869. The van der Waals surface area contributed by atoms with Gasteiger partial charge >= 0.3 is 0 Å². The molecule has 29 heavy (non-hydrogen) atoms. The maximum Gasteiger partial charge on any atom is 0.232 e. The van der Waals surface area contributed by atoms with Gasteiger partial charge in [0.2, 0.25) is 11.8 Å². The Morgan fingerprint density at radius 2 is 1.00 bits per heavy atom. The molecule has 0 saturated heterocycles. The van der Waals surface area contributed by atoms with Crippen LogP contribution in [-0.4, -0.2) is 117 Å². The highest BCUT2D eigenvalue weighted by molar-refractivity contribution is 7.79. The second kappa shape index (κ2) is 13.8. The van der Waals surface area contributed by atoms with Gasteiger partial charge in [0.05, 0.1) is 68.5 Å². The Balaban J connectivity index is -0.000000380. The molecule has 0 saturated carbocycles. The normalized spacial score (nSPS) is 10.8. The Kier molecular flexibility index (Phi) is 15.0. The fraction of sp³-hybridized carbons (Fsp3) is 0.750. The predicted octanol–water partition coefficient (Wildman–Crippen LogP) is -1.29. The first-order valence-electron chi connectivity index (χ1n) is 8.36. The molecule has 0 aliphatic carbocycles. The van der Waals surface area contributed by atoms with Crippen molar-refractivity contribution in [1.29, 1.82) is 10.5 Å². The largest absolute Gasteiger partial charge is 0.759 e. The number of likely N-dealkylation sites (N-methyl/N-ethyl adjacent to an activating group) is 2. The Bertz CT molecular complexity index is 643. The van der Waals surface area contributed by atoms with E-state index in [0.29, 0.717) is 13.1 Å². The van der Waals surface area contributed by atoms with Gasteiger partial charge in [0, 0.05) is 24.2 Å². The van der Waals surface area contributed by atoms with Gasteiger partial charge in [0.15, 0.2) is 12.4 Å². The topological polar surface area (TPSA) is 168 Å². The molecule has 0 aromatic heterocycles. The first kappa shape index (κ1) is 31.4. The van der Waals surface area contributed by atoms with E-state index in [-0.39, 0.29) is 11.8 Å². The first-order valence-corrected chi connectivity index (χ1v) is 9.70. The van der Waals surface area contributed by atoms with Gasteiger partial charge < -0.3 is 18.1 Å². The van der Waals surface area contributed by atoms with E-state index in [9.17, 15) is 9.59 Å². The van der Waals surface area contributed by atoms with Crippen LogP contribution in [0.4, 0.5) is 0 Å². The van der Waals surface area contributed by atoms with Crippen LogP contribution in [0.25, 0.3) is 0 Å². The summed E-state index contributed by atoms with van der Waals surface area (Å²) < 4.78 is 35.6. The second-order valence-corrected chi connectivity index (χ2v) is 8.79. The Hall–Kier alpha value is -2.29. The summed E-state index contributed by atoms with van der Waals surface area (Å²) in [6.45, 7) is 5.36. The lowest BCUT2D eigenvalue weighted by atomic mass is 10.4. The number of nitriles is 2. The molecule has 13 heteroatoms. The highest BCUT2D eigenvalue weighted by Gasteiger charge is 2.13. The number of nitrogens with zero attached hydrogens (tertiary/aromatic N) is 6. The SMILES string of the molecule is CC(=O)N(C#N)CC[N+](C)(C)C.CC(=O)N(C#N)CC[N+](C)(C)C.O=S(=O)([O-])[O-]. The zero-order chi connectivity index (χ0) is 24.1. The second-order valence-electron chi connectivity index (χ2n) is 7.98. The van der Waals surface area contributed by atoms with Crippen LogP contribution in [0.15, 0.2) is 0 Å². The zero-order valence-corrected chi connectivity index (χ0v) is 19.2. The minimum atomic E-state index is -5.17. The number of carbonyl (C=O) groups is 2. The minimum absolute atomic E-state index is 0.189. The molecule has 0 aliphatic rings. The van der Waals surface area contributed by atoms with Crippen molar-refractivity contribution in [3.63, 3.8) is 0 Å². The lowest BCUT2D eigenvalue weighted by Gasteiger charge is -2.25. The van der Waals surface area contributed by atoms with Crippen LogP contribution >= 0.6 is 0 Å². The highest BCUT2D eigenvalue weighted by atomic mass is 32.3. The van der Waals surface area contributed by atoms with Gasteiger partial charge in [-0.15, -0.1) is 0 Å². The van der Waals surface area contributed by atoms with Crippen LogP contribution in [0.5, 0.6) is 0 Å². The Labute approximate surface area is 173 Å². The molecular weight excluding hydrogens is 404 g/mol. The van der Waals surface area contributed by atoms with Crippen molar-refractivity contribution in [3.8, 4) is 12.4 Å². The van der Waals surface area contributed by atoms with E-state index < -0.39 is 10.4 Å². The third kappa shape index (κ3) is 30.7. The molecule has 0 bridgehead atoms. The van der Waals surface area contributed by atoms with Crippen LogP contribution in [-0.2, 0) is 20.0 Å². The van der Waals surface area contributed by atoms with Crippen molar-refractivity contribution in [1.82, 2.24) is 9.80 Å². The molecule has 2 amide bonds. The smallest absolute Gasteiger partial charge is 0.232 e. The van der Waals surface area contributed by atoms with E-state index in [0.717, 1.165) is 22.1 Å². The summed E-state index contributed by atoms with van der Waals surface area (Å²) in [5.41, 5.74) is 0. The van der Waals surface area contributed by atoms with E-state index in [1.165, 1.54) is 23.6 Å². The van der Waals surface area contributed by atoms with Crippen molar-refractivity contribution >= 4 is 22.2 Å². The average molecular weight is 437 g/mol. The van der Waals surface area contributed by atoms with Crippen LogP contribution in [0, 0.1) is 22.9 Å². The van der Waals surface area contributed by atoms with Gasteiger partial charge in [-0.1, -0.05) is 0 Å². The summed E-state index contributed by atoms with van der Waals surface area (Å²) in [5, 5.41) is 17.1. The number of amides is 2. The zero-order valence-electron chi connectivity index (χ0n) is 18.4. The third-order valence-corrected chi connectivity index (χ3v) is 2.99. The fourth-order valence-corrected chi connectivity index (χ4v) is 1.36. The molecule has 0 radical (unpaired) electrons. The number of rotatable bonds is 6. The highest BCUT2D eigenvalue weighted by Crippen LogP contribution is 1.94. The maximum absolute atomic E-state index is 10.8. The van der Waals surface area contributed by atoms with Gasteiger partial charge in [-0.25, -0.2) is 9.80 Å². The summed E-state index contributed by atoms with van der Waals surface area (Å²) in [6.07, 6.45) is 3.70. The van der Waals surface area contributed by atoms with Gasteiger partial charge in [-0.05, 0) is 0 Å². The number of hydrogen-bond donors (Lipinski definition) is 0. The summed E-state index contributed by atoms with van der Waals surface area (Å²) in [7, 11) is 6.97. The van der Waals surface area contributed by atoms with Crippen molar-refractivity contribution in [2.45, 2.75) is 13.8 Å². The van der Waals surface area contributed by atoms with Crippen molar-refractivity contribution in [2.24, 2.45) is 0 Å². The number of hydrogen-bond acceptors (Lipinski definition) is 8. The molecule has 0 rings (SSSR count). The quantitative estimate of drug-likeness (QED) is 0.163. The number of quaternary nitrogens is 2. The fourth-order valence-electron chi connectivity index (χ4n) is 1.36. The molecule has 0 spiro atoms. The first-order chi connectivity index (χ1) is 12.7. The monoisotopic (exact) mass is 436 g/mol. The predicted molar refractivity (Wildman–Crippen MR) is 102 cm³/mol. The standard InChI is InChI=1S/2C8H16N3O.H2O4S/c2*1-8(12)10(7-9)5-6-11(2,3)4;1-5(2,3)4/h2*5-6H2,1-4H3;(H2,1,2,3,4)/q2*+1;/p-2. The molecule has 0 atom stereocenters. The molecule has 0 aromatic rings. The maximum atomic E-state index is 10.8. The van der Waals surface area contributed by atoms with Gasteiger partial charge in [0.1, 0.15) is 0 Å². The average Bonchev–Trinajstić information content (AvgIpc) is 2.44. The molecule has 0 fully saturated rings. The van der Waals surface area contributed by atoms with Gasteiger partial charge in [-0.2, -0.15) is 10.5 Å². The lowest BCUT2D eigenvalue weighted by Crippen LogP contribution is -2.41. The molecule has 0 aromatic carbocycles. The van der Waals surface area contributed by atoms with Crippen LogP contribution in [0.1, 0.15) is 13.8 Å². The molecule has 168 valence electrons. The van der Waals surface area contributed by atoms with E-state index in [2.05, 4.69) is 0 Å². The Morgan fingerprint density at radius 3 is 1.10 bits per heavy atom. The molecular formula is C16H32N6O6S. The molecule has 0 unspecified atom stereocenters. The van der Waals surface area contributed by atoms with E-state index in [1.54, 1.807) is 0 Å². The summed E-state index contributed by atoms with van der Waals surface area (Å²) >= 11 is 0. The van der Waals surface area contributed by atoms with Crippen LogP contribution < -0.4 is 0 Å². The Morgan fingerprint density at radius 1 is 0.793 bits per heavy atom. The number of carbonyl (C=O) groups excluding carboxylic acids is 2. The van der Waals surface area contributed by atoms with Gasteiger partial charge in [0.25, 0.3) is 0 Å². The van der Waals surface area contributed by atoms with Crippen LogP contribution in [0.2, 0.25) is 0 Å². The summed E-state index contributed by atoms with van der Waals surface area (Å²) in [4.78, 5) is 23.9. The summed E-state index contributed by atoms with van der Waals surface area (Å²) in [6, 6.07) is 0. The summed E-state index contributed by atoms with van der Waals surface area (Å²) in [5.74, 6) is -0.378. The molecule has 0 heterocycles. The van der Waals surface area contributed by atoms with Crippen molar-refractivity contribution < 1.29 is 36.1 Å². The van der Waals surface area contributed by atoms with Crippen molar-refractivity contribution in [3.05, 3.63) is 0 Å². The van der Waals surface area contributed by atoms with Crippen molar-refractivity contribution in [2.75, 3.05) is 68.5 Å². The van der Waals surface area contributed by atoms with E-state index >= 15 is 0 Å². The molecule has 0 N–H and O–H groups in total. The van der Waals surface area contributed by atoms with Gasteiger partial charge in [-0.3, -0.25) is 18.0 Å². The van der Waals surface area contributed by atoms with E-state index in [1.807, 2.05) is 54.7 Å². The third-order valence-electron chi connectivity index (χ3n) is 2.99. The molecule has 12 nitrogen and oxygen atoms in total. The molecule has 0 aliphatic heterocycles.